The summed E-state index contributed by atoms with van der Waals surface area (Å²) in [6, 6.07) is 7.08. The molecule has 1 saturated heterocycles. The Balaban J connectivity index is 2.04. The fourth-order valence-electron chi connectivity index (χ4n) is 2.47. The molecule has 0 unspecified atom stereocenters. The van der Waals surface area contributed by atoms with Gasteiger partial charge in [-0.2, -0.15) is 0 Å². The van der Waals surface area contributed by atoms with Crippen LogP contribution in [0.3, 0.4) is 0 Å². The molecule has 2 aromatic rings. The van der Waals surface area contributed by atoms with E-state index in [0.29, 0.717) is 0 Å². The van der Waals surface area contributed by atoms with Gasteiger partial charge < -0.3 is 4.57 Å². The summed E-state index contributed by atoms with van der Waals surface area (Å²) in [4.78, 5) is 28.5. The number of carbonyl (C=O) groups excluding carboxylic acids is 2. The van der Waals surface area contributed by atoms with Gasteiger partial charge in [0.1, 0.15) is 6.04 Å². The zero-order valence-electron chi connectivity index (χ0n) is 10.8. The van der Waals surface area contributed by atoms with Crippen molar-refractivity contribution in [3.8, 4) is 0 Å². The Hall–Kier alpha value is -2.21. The van der Waals surface area contributed by atoms with E-state index in [-0.39, 0.29) is 18.2 Å². The van der Waals surface area contributed by atoms with Crippen molar-refractivity contribution >= 4 is 22.8 Å². The molecule has 0 radical (unpaired) electrons. The molecule has 0 spiro atoms. The third kappa shape index (κ3) is 1.72. The SMILES string of the molecule is CN(C)N1C(=O)C[C@H](n2cnc3ccccc32)C1=O. The van der Waals surface area contributed by atoms with Crippen molar-refractivity contribution in [1.82, 2.24) is 19.6 Å². The molecular weight excluding hydrogens is 244 g/mol. The van der Waals surface area contributed by atoms with Gasteiger partial charge in [0.2, 0.25) is 5.91 Å². The standard InChI is InChI=1S/C13H14N4O2/c1-15(2)17-12(18)7-11(13(17)19)16-8-14-9-5-3-4-6-10(9)16/h3-6,8,11H,7H2,1-2H3/t11-/m0/s1. The van der Waals surface area contributed by atoms with E-state index < -0.39 is 6.04 Å². The number of imidazole rings is 1. The molecule has 0 bridgehead atoms. The van der Waals surface area contributed by atoms with Crippen LogP contribution in [0.1, 0.15) is 12.5 Å². The first-order valence-electron chi connectivity index (χ1n) is 6.05. The lowest BCUT2D eigenvalue weighted by molar-refractivity contribution is -0.153. The molecule has 98 valence electrons. The van der Waals surface area contributed by atoms with Gasteiger partial charge >= 0.3 is 0 Å². The van der Waals surface area contributed by atoms with Gasteiger partial charge in [-0.05, 0) is 12.1 Å². The number of hydrazine groups is 1. The fraction of sp³-hybridized carbons (Fsp3) is 0.308. The van der Waals surface area contributed by atoms with Gasteiger partial charge in [0.25, 0.3) is 5.91 Å². The van der Waals surface area contributed by atoms with E-state index in [9.17, 15) is 9.59 Å². The molecule has 0 N–H and O–H groups in total. The molecule has 1 aromatic carbocycles. The second kappa shape index (κ2) is 4.17. The number of para-hydroxylation sites is 2. The van der Waals surface area contributed by atoms with Crippen LogP contribution in [-0.2, 0) is 9.59 Å². The lowest BCUT2D eigenvalue weighted by Crippen LogP contribution is -2.41. The summed E-state index contributed by atoms with van der Waals surface area (Å²) in [5, 5.41) is 2.70. The third-order valence-electron chi connectivity index (χ3n) is 3.31. The summed E-state index contributed by atoms with van der Waals surface area (Å²) < 4.78 is 1.78. The van der Waals surface area contributed by atoms with Crippen molar-refractivity contribution in [2.24, 2.45) is 0 Å². The second-order valence-electron chi connectivity index (χ2n) is 4.75. The molecule has 1 aliphatic heterocycles. The number of amides is 2. The van der Waals surface area contributed by atoms with E-state index in [0.717, 1.165) is 11.0 Å². The van der Waals surface area contributed by atoms with Gasteiger partial charge in [0.05, 0.1) is 23.8 Å². The van der Waals surface area contributed by atoms with Crippen LogP contribution in [-0.4, -0.2) is 45.5 Å². The van der Waals surface area contributed by atoms with Gasteiger partial charge in [-0.3, -0.25) is 9.59 Å². The van der Waals surface area contributed by atoms with E-state index in [1.54, 1.807) is 25.0 Å². The topological polar surface area (TPSA) is 58.4 Å². The molecule has 1 atom stereocenters. The zero-order valence-corrected chi connectivity index (χ0v) is 10.8. The third-order valence-corrected chi connectivity index (χ3v) is 3.31. The largest absolute Gasteiger partial charge is 0.317 e. The Bertz CT molecular complexity index is 661. The van der Waals surface area contributed by atoms with Crippen LogP contribution in [0.2, 0.25) is 0 Å². The Morgan fingerprint density at radius 3 is 2.68 bits per heavy atom. The first-order chi connectivity index (χ1) is 9.09. The van der Waals surface area contributed by atoms with Gasteiger partial charge in [-0.25, -0.2) is 15.0 Å². The molecule has 1 fully saturated rings. The quantitative estimate of drug-likeness (QED) is 0.748. The van der Waals surface area contributed by atoms with Crippen LogP contribution >= 0.6 is 0 Å². The molecule has 1 aromatic heterocycles. The van der Waals surface area contributed by atoms with Gasteiger partial charge in [-0.1, -0.05) is 12.1 Å². The summed E-state index contributed by atoms with van der Waals surface area (Å²) >= 11 is 0. The summed E-state index contributed by atoms with van der Waals surface area (Å²) in [5.41, 5.74) is 1.69. The van der Waals surface area contributed by atoms with Crippen LogP contribution in [0, 0.1) is 0 Å². The molecule has 6 nitrogen and oxygen atoms in total. The van der Waals surface area contributed by atoms with E-state index in [2.05, 4.69) is 4.98 Å². The number of benzene rings is 1. The van der Waals surface area contributed by atoms with Crippen LogP contribution < -0.4 is 0 Å². The molecule has 0 aliphatic carbocycles. The molecule has 2 heterocycles. The number of nitrogens with zero attached hydrogens (tertiary/aromatic N) is 4. The molecule has 3 rings (SSSR count). The molecule has 6 heteroatoms. The van der Waals surface area contributed by atoms with Crippen molar-refractivity contribution < 1.29 is 9.59 Å². The lowest BCUT2D eigenvalue weighted by Gasteiger charge is -2.21. The highest BCUT2D eigenvalue weighted by atomic mass is 16.2. The molecule has 19 heavy (non-hydrogen) atoms. The van der Waals surface area contributed by atoms with Crippen LogP contribution in [0.15, 0.2) is 30.6 Å². The first-order valence-corrected chi connectivity index (χ1v) is 6.05. The predicted molar refractivity (Wildman–Crippen MR) is 68.9 cm³/mol. The zero-order chi connectivity index (χ0) is 13.6. The molecular formula is C13H14N4O2. The van der Waals surface area contributed by atoms with Crippen LogP contribution in [0.5, 0.6) is 0 Å². The smallest absolute Gasteiger partial charge is 0.267 e. The van der Waals surface area contributed by atoms with Gasteiger partial charge in [0.15, 0.2) is 0 Å². The minimum absolute atomic E-state index is 0.178. The number of hydrogen-bond donors (Lipinski definition) is 0. The van der Waals surface area contributed by atoms with Gasteiger partial charge in [0, 0.05) is 14.1 Å². The Kier molecular flexibility index (Phi) is 2.60. The highest BCUT2D eigenvalue weighted by Gasteiger charge is 2.41. The maximum absolute atomic E-state index is 12.3. The number of fused-ring (bicyclic) bond motifs is 1. The second-order valence-corrected chi connectivity index (χ2v) is 4.75. The average Bonchev–Trinajstić information content (AvgIpc) is 2.90. The van der Waals surface area contributed by atoms with E-state index in [1.807, 2.05) is 24.3 Å². The minimum Gasteiger partial charge on any atom is -0.317 e. The lowest BCUT2D eigenvalue weighted by atomic mass is 10.2. The molecule has 0 saturated carbocycles. The number of carbonyl (C=O) groups is 2. The van der Waals surface area contributed by atoms with Crippen LogP contribution in [0.25, 0.3) is 11.0 Å². The molecule has 1 aliphatic rings. The first kappa shape index (κ1) is 11.9. The average molecular weight is 258 g/mol. The van der Waals surface area contributed by atoms with Gasteiger partial charge in [-0.15, -0.1) is 0 Å². The van der Waals surface area contributed by atoms with Crippen molar-refractivity contribution in [2.45, 2.75) is 12.5 Å². The van der Waals surface area contributed by atoms with E-state index in [1.165, 1.54) is 10.0 Å². The fourth-order valence-corrected chi connectivity index (χ4v) is 2.47. The summed E-state index contributed by atoms with van der Waals surface area (Å²) in [6.07, 6.45) is 1.80. The highest BCUT2D eigenvalue weighted by Crippen LogP contribution is 2.28. The Morgan fingerprint density at radius 2 is 2.00 bits per heavy atom. The number of imide groups is 1. The normalized spacial score (nSPS) is 19.9. The van der Waals surface area contributed by atoms with E-state index >= 15 is 0 Å². The Labute approximate surface area is 110 Å². The van der Waals surface area contributed by atoms with E-state index in [4.69, 9.17) is 0 Å². The maximum Gasteiger partial charge on any atom is 0.267 e. The maximum atomic E-state index is 12.3. The van der Waals surface area contributed by atoms with Crippen molar-refractivity contribution in [3.05, 3.63) is 30.6 Å². The number of rotatable bonds is 2. The molecule has 2 amide bonds. The number of aromatic nitrogens is 2. The monoisotopic (exact) mass is 258 g/mol. The predicted octanol–water partition coefficient (Wildman–Crippen LogP) is 0.813. The van der Waals surface area contributed by atoms with Crippen LogP contribution in [0.4, 0.5) is 0 Å². The summed E-state index contributed by atoms with van der Waals surface area (Å²) in [5.74, 6) is -0.393. The van der Waals surface area contributed by atoms with Crippen molar-refractivity contribution in [3.63, 3.8) is 0 Å². The summed E-state index contributed by atoms with van der Waals surface area (Å²) in [6.45, 7) is 0. The van der Waals surface area contributed by atoms with Crippen molar-refractivity contribution in [1.29, 1.82) is 0 Å². The summed E-state index contributed by atoms with van der Waals surface area (Å²) in [7, 11) is 3.37. The number of hydrogen-bond acceptors (Lipinski definition) is 4. The minimum atomic E-state index is -0.498. The Morgan fingerprint density at radius 1 is 1.26 bits per heavy atom. The van der Waals surface area contributed by atoms with Crippen molar-refractivity contribution in [2.75, 3.05) is 14.1 Å². The highest BCUT2D eigenvalue weighted by molar-refractivity contribution is 6.04.